The van der Waals surface area contributed by atoms with Crippen LogP contribution in [0.4, 0.5) is 0 Å². The lowest BCUT2D eigenvalue weighted by Gasteiger charge is -2.16. The van der Waals surface area contributed by atoms with Gasteiger partial charge in [-0.3, -0.25) is 4.79 Å². The summed E-state index contributed by atoms with van der Waals surface area (Å²) in [6, 6.07) is 6.18. The Morgan fingerprint density at radius 3 is 3.00 bits per heavy atom. The average molecular weight is 429 g/mol. The van der Waals surface area contributed by atoms with E-state index in [1.807, 2.05) is 12.1 Å². The zero-order valence-electron chi connectivity index (χ0n) is 15.5. The SMILES string of the molecule is O=C(CCSCCCc1ccc(CS)c(OS)c1)OC1COC2CCCC21. The molecule has 1 heterocycles. The Balaban J connectivity index is 1.28. The minimum atomic E-state index is -0.0819. The molecule has 0 radical (unpaired) electrons. The smallest absolute Gasteiger partial charge is 0.306 e. The average Bonchev–Trinajstić information content (AvgIpc) is 3.29. The second-order valence-corrected chi connectivity index (χ2v) is 8.88. The van der Waals surface area contributed by atoms with Gasteiger partial charge < -0.3 is 13.7 Å². The summed E-state index contributed by atoms with van der Waals surface area (Å²) in [5, 5.41) is 0. The van der Waals surface area contributed by atoms with Crippen molar-refractivity contribution in [2.75, 3.05) is 18.1 Å². The third-order valence-electron chi connectivity index (χ3n) is 5.34. The van der Waals surface area contributed by atoms with Crippen molar-refractivity contribution >= 4 is 43.3 Å². The number of esters is 1. The lowest BCUT2D eigenvalue weighted by atomic mass is 10.0. The van der Waals surface area contributed by atoms with Crippen LogP contribution in [0.1, 0.15) is 43.2 Å². The quantitative estimate of drug-likeness (QED) is 0.249. The predicted octanol–water partition coefficient (Wildman–Crippen LogP) is 4.51. The molecule has 0 N–H and O–H groups in total. The van der Waals surface area contributed by atoms with E-state index in [4.69, 9.17) is 13.7 Å². The van der Waals surface area contributed by atoms with E-state index >= 15 is 0 Å². The van der Waals surface area contributed by atoms with Crippen molar-refractivity contribution < 1.29 is 18.5 Å². The largest absolute Gasteiger partial charge is 0.459 e. The monoisotopic (exact) mass is 428 g/mol. The topological polar surface area (TPSA) is 44.8 Å². The summed E-state index contributed by atoms with van der Waals surface area (Å²) in [5.74, 6) is 3.60. The lowest BCUT2D eigenvalue weighted by molar-refractivity contribution is -0.150. The van der Waals surface area contributed by atoms with Crippen LogP contribution in [0.2, 0.25) is 0 Å². The molecule has 1 saturated carbocycles. The fraction of sp³-hybridized carbons (Fsp3) is 0.650. The molecule has 150 valence electrons. The number of thioether (sulfide) groups is 1. The highest BCUT2D eigenvalue weighted by atomic mass is 32.2. The molecule has 1 aliphatic carbocycles. The van der Waals surface area contributed by atoms with E-state index in [2.05, 4.69) is 31.6 Å². The number of aryl methyl sites for hydroxylation is 1. The summed E-state index contributed by atoms with van der Waals surface area (Å²) in [6.45, 7) is 0.582. The minimum Gasteiger partial charge on any atom is -0.459 e. The summed E-state index contributed by atoms with van der Waals surface area (Å²) in [4.78, 5) is 12.1. The van der Waals surface area contributed by atoms with Crippen molar-refractivity contribution in [3.05, 3.63) is 29.3 Å². The maximum atomic E-state index is 12.1. The van der Waals surface area contributed by atoms with Crippen LogP contribution in [-0.2, 0) is 26.4 Å². The molecule has 7 heteroatoms. The highest BCUT2D eigenvalue weighted by Gasteiger charge is 2.42. The number of carbonyl (C=O) groups excluding carboxylic acids is 1. The lowest BCUT2D eigenvalue weighted by Crippen LogP contribution is -2.26. The maximum absolute atomic E-state index is 12.1. The van der Waals surface area contributed by atoms with Gasteiger partial charge in [0, 0.05) is 35.9 Å². The van der Waals surface area contributed by atoms with Crippen LogP contribution in [-0.4, -0.2) is 36.3 Å². The van der Waals surface area contributed by atoms with Crippen molar-refractivity contribution in [1.29, 1.82) is 0 Å². The van der Waals surface area contributed by atoms with E-state index in [-0.39, 0.29) is 12.1 Å². The van der Waals surface area contributed by atoms with E-state index in [1.165, 1.54) is 12.0 Å². The van der Waals surface area contributed by atoms with E-state index in [0.717, 1.165) is 48.5 Å². The first kappa shape index (κ1) is 21.2. The van der Waals surface area contributed by atoms with Gasteiger partial charge in [-0.25, -0.2) is 0 Å². The standard InChI is InChI=1S/C20H28O4S3/c21-20(23-19-12-22-17-5-1-4-16(17)19)8-10-27-9-2-3-14-6-7-15(13-25)18(11-14)24-26/h6-7,11,16-17,19,25-26H,1-5,8-10,12-13H2. The van der Waals surface area contributed by atoms with Gasteiger partial charge in [0.05, 0.1) is 19.1 Å². The second-order valence-electron chi connectivity index (χ2n) is 7.15. The molecule has 3 unspecified atom stereocenters. The summed E-state index contributed by atoms with van der Waals surface area (Å²) in [7, 11) is 0. The molecule has 1 aromatic carbocycles. The molecule has 3 rings (SSSR count). The van der Waals surface area contributed by atoms with Gasteiger partial charge in [-0.2, -0.15) is 24.4 Å². The fourth-order valence-corrected chi connectivity index (χ4v) is 5.18. The first-order chi connectivity index (χ1) is 13.2. The molecular weight excluding hydrogens is 400 g/mol. The van der Waals surface area contributed by atoms with Gasteiger partial charge >= 0.3 is 5.97 Å². The minimum absolute atomic E-state index is 0.0153. The Morgan fingerprint density at radius 1 is 1.30 bits per heavy atom. The molecule has 0 spiro atoms. The van der Waals surface area contributed by atoms with Crippen LogP contribution in [0.3, 0.4) is 0 Å². The number of carbonyl (C=O) groups is 1. The highest BCUT2D eigenvalue weighted by Crippen LogP contribution is 2.37. The van der Waals surface area contributed by atoms with Gasteiger partial charge in [0.1, 0.15) is 11.9 Å². The number of fused-ring (bicyclic) bond motifs is 1. The van der Waals surface area contributed by atoms with Gasteiger partial charge in [-0.15, -0.1) is 0 Å². The van der Waals surface area contributed by atoms with Crippen LogP contribution in [0.25, 0.3) is 0 Å². The van der Waals surface area contributed by atoms with Gasteiger partial charge in [-0.1, -0.05) is 18.6 Å². The number of hydrogen-bond donors (Lipinski definition) is 2. The molecule has 0 aromatic heterocycles. The number of hydrogen-bond acceptors (Lipinski definition) is 7. The number of thiol groups is 2. The van der Waals surface area contributed by atoms with Crippen LogP contribution in [0, 0.1) is 5.92 Å². The molecule has 0 amide bonds. The zero-order chi connectivity index (χ0) is 19.1. The van der Waals surface area contributed by atoms with Gasteiger partial charge in [0.15, 0.2) is 0 Å². The number of benzene rings is 1. The van der Waals surface area contributed by atoms with Crippen LogP contribution in [0.15, 0.2) is 18.2 Å². The Labute approximate surface area is 177 Å². The van der Waals surface area contributed by atoms with Crippen molar-refractivity contribution in [3.8, 4) is 5.75 Å². The molecule has 1 saturated heterocycles. The second kappa shape index (κ2) is 10.9. The van der Waals surface area contributed by atoms with Crippen molar-refractivity contribution in [2.45, 2.75) is 56.5 Å². The first-order valence-electron chi connectivity index (χ1n) is 9.64. The third kappa shape index (κ3) is 5.99. The molecule has 4 nitrogen and oxygen atoms in total. The fourth-order valence-electron chi connectivity index (χ4n) is 3.88. The molecular formula is C20H28O4S3. The molecule has 2 fully saturated rings. The Morgan fingerprint density at radius 2 is 2.19 bits per heavy atom. The third-order valence-corrected chi connectivity index (χ3v) is 6.95. The molecule has 2 aliphatic rings. The van der Waals surface area contributed by atoms with Crippen LogP contribution < -0.4 is 4.18 Å². The molecule has 1 aromatic rings. The van der Waals surface area contributed by atoms with Crippen LogP contribution in [0.5, 0.6) is 5.75 Å². The van der Waals surface area contributed by atoms with Crippen molar-refractivity contribution in [3.63, 3.8) is 0 Å². The normalized spacial score (nSPS) is 24.0. The number of rotatable bonds is 10. The molecule has 0 bridgehead atoms. The Kier molecular flexibility index (Phi) is 8.55. The summed E-state index contributed by atoms with van der Waals surface area (Å²) in [6.07, 6.45) is 6.28. The van der Waals surface area contributed by atoms with Crippen molar-refractivity contribution in [1.82, 2.24) is 0 Å². The van der Waals surface area contributed by atoms with E-state index in [1.54, 1.807) is 11.8 Å². The Hall–Kier alpha value is -0.500. The van der Waals surface area contributed by atoms with Crippen molar-refractivity contribution in [2.24, 2.45) is 5.92 Å². The highest BCUT2D eigenvalue weighted by molar-refractivity contribution is 7.99. The molecule has 3 atom stereocenters. The molecule has 27 heavy (non-hydrogen) atoms. The van der Waals surface area contributed by atoms with E-state index < -0.39 is 0 Å². The Bertz CT molecular complexity index is 625. The van der Waals surface area contributed by atoms with Gasteiger partial charge in [0.25, 0.3) is 0 Å². The van der Waals surface area contributed by atoms with E-state index in [0.29, 0.717) is 30.8 Å². The summed E-state index contributed by atoms with van der Waals surface area (Å²) in [5.41, 5.74) is 2.28. The maximum Gasteiger partial charge on any atom is 0.306 e. The summed E-state index contributed by atoms with van der Waals surface area (Å²) < 4.78 is 16.5. The zero-order valence-corrected chi connectivity index (χ0v) is 18.1. The first-order valence-corrected chi connectivity index (χ1v) is 11.8. The van der Waals surface area contributed by atoms with E-state index in [9.17, 15) is 4.79 Å². The summed E-state index contributed by atoms with van der Waals surface area (Å²) >= 11 is 10.00. The number of ether oxygens (including phenoxy) is 2. The van der Waals surface area contributed by atoms with Crippen LogP contribution >= 0.6 is 37.3 Å². The van der Waals surface area contributed by atoms with Gasteiger partial charge in [0.2, 0.25) is 0 Å². The molecule has 1 aliphatic heterocycles. The van der Waals surface area contributed by atoms with Gasteiger partial charge in [-0.05, 0) is 43.1 Å². The predicted molar refractivity (Wildman–Crippen MR) is 116 cm³/mol.